The van der Waals surface area contributed by atoms with E-state index in [9.17, 15) is 0 Å². The van der Waals surface area contributed by atoms with E-state index in [-0.39, 0.29) is 0 Å². The molecule has 0 aromatic heterocycles. The summed E-state index contributed by atoms with van der Waals surface area (Å²) in [5, 5.41) is 0.550. The summed E-state index contributed by atoms with van der Waals surface area (Å²) in [6.07, 6.45) is 2.62. The standard InChI is InChI=1S/C9H20S/c1-5-7(2)6-8(3)9(4)10/h7-10H,5-6H2,1-4H3. The lowest BCUT2D eigenvalue weighted by atomic mass is 9.93. The highest BCUT2D eigenvalue weighted by atomic mass is 32.1. The molecule has 0 aliphatic heterocycles. The molecule has 0 heterocycles. The Hall–Kier alpha value is 0.350. The molecule has 0 fully saturated rings. The van der Waals surface area contributed by atoms with Crippen LogP contribution in [0.3, 0.4) is 0 Å². The Labute approximate surface area is 70.8 Å². The normalized spacial score (nSPS) is 20.1. The SMILES string of the molecule is CCC(C)CC(C)C(C)S. The fraction of sp³-hybridized carbons (Fsp3) is 1.00. The van der Waals surface area contributed by atoms with Crippen LogP contribution in [0.5, 0.6) is 0 Å². The summed E-state index contributed by atoms with van der Waals surface area (Å²) < 4.78 is 0. The summed E-state index contributed by atoms with van der Waals surface area (Å²) in [5.41, 5.74) is 0. The van der Waals surface area contributed by atoms with E-state index in [1.807, 2.05) is 0 Å². The predicted molar refractivity (Wildman–Crippen MR) is 51.7 cm³/mol. The number of thiol groups is 1. The first-order valence-electron chi connectivity index (χ1n) is 4.26. The molecular formula is C9H20S. The Balaban J connectivity index is 3.46. The van der Waals surface area contributed by atoms with Crippen LogP contribution in [0.15, 0.2) is 0 Å². The minimum absolute atomic E-state index is 0.550. The van der Waals surface area contributed by atoms with Gasteiger partial charge in [0.25, 0.3) is 0 Å². The van der Waals surface area contributed by atoms with E-state index in [1.165, 1.54) is 12.8 Å². The van der Waals surface area contributed by atoms with Crippen molar-refractivity contribution in [2.75, 3.05) is 0 Å². The second-order valence-corrected chi connectivity index (χ2v) is 4.28. The van der Waals surface area contributed by atoms with Crippen molar-refractivity contribution in [3.63, 3.8) is 0 Å². The van der Waals surface area contributed by atoms with E-state index in [2.05, 4.69) is 40.3 Å². The minimum Gasteiger partial charge on any atom is -0.176 e. The molecule has 0 aliphatic carbocycles. The maximum absolute atomic E-state index is 4.41. The molecule has 1 heteroatoms. The zero-order chi connectivity index (χ0) is 8.15. The largest absolute Gasteiger partial charge is 0.176 e. The summed E-state index contributed by atoms with van der Waals surface area (Å²) in [5.74, 6) is 1.63. The van der Waals surface area contributed by atoms with Crippen LogP contribution in [0.1, 0.15) is 40.5 Å². The maximum Gasteiger partial charge on any atom is 0.00142 e. The lowest BCUT2D eigenvalue weighted by Crippen LogP contribution is -2.10. The van der Waals surface area contributed by atoms with Crippen molar-refractivity contribution in [2.45, 2.75) is 45.8 Å². The topological polar surface area (TPSA) is 0 Å². The third-order valence-electron chi connectivity index (χ3n) is 2.29. The van der Waals surface area contributed by atoms with E-state index in [0.717, 1.165) is 11.8 Å². The highest BCUT2D eigenvalue weighted by Gasteiger charge is 2.10. The van der Waals surface area contributed by atoms with Crippen molar-refractivity contribution in [3.05, 3.63) is 0 Å². The summed E-state index contributed by atoms with van der Waals surface area (Å²) in [6.45, 7) is 9.02. The fourth-order valence-corrected chi connectivity index (χ4v) is 1.12. The minimum atomic E-state index is 0.550. The average molecular weight is 160 g/mol. The van der Waals surface area contributed by atoms with E-state index in [1.54, 1.807) is 0 Å². The predicted octanol–water partition coefficient (Wildman–Crippen LogP) is 3.38. The van der Waals surface area contributed by atoms with Crippen LogP contribution >= 0.6 is 12.6 Å². The quantitative estimate of drug-likeness (QED) is 0.599. The number of hydrogen-bond donors (Lipinski definition) is 1. The van der Waals surface area contributed by atoms with Gasteiger partial charge in [0.05, 0.1) is 0 Å². The zero-order valence-electron chi connectivity index (χ0n) is 7.59. The van der Waals surface area contributed by atoms with Crippen molar-refractivity contribution in [3.8, 4) is 0 Å². The van der Waals surface area contributed by atoms with Crippen molar-refractivity contribution in [2.24, 2.45) is 11.8 Å². The Morgan fingerprint density at radius 2 is 1.70 bits per heavy atom. The molecule has 62 valence electrons. The van der Waals surface area contributed by atoms with Gasteiger partial charge in [-0.05, 0) is 18.3 Å². The molecule has 10 heavy (non-hydrogen) atoms. The summed E-state index contributed by atoms with van der Waals surface area (Å²) in [4.78, 5) is 0. The lowest BCUT2D eigenvalue weighted by molar-refractivity contribution is 0.405. The summed E-state index contributed by atoms with van der Waals surface area (Å²) in [6, 6.07) is 0. The van der Waals surface area contributed by atoms with Crippen LogP contribution in [0.4, 0.5) is 0 Å². The summed E-state index contributed by atoms with van der Waals surface area (Å²) in [7, 11) is 0. The second kappa shape index (κ2) is 5.06. The second-order valence-electron chi connectivity index (χ2n) is 3.47. The van der Waals surface area contributed by atoms with Crippen molar-refractivity contribution in [1.82, 2.24) is 0 Å². The van der Waals surface area contributed by atoms with Gasteiger partial charge >= 0.3 is 0 Å². The molecule has 0 rings (SSSR count). The first-order chi connectivity index (χ1) is 4.57. The Bertz CT molecular complexity index is 78.8. The van der Waals surface area contributed by atoms with Gasteiger partial charge in [0.1, 0.15) is 0 Å². The molecule has 0 aromatic carbocycles. The third-order valence-corrected chi connectivity index (χ3v) is 2.80. The van der Waals surface area contributed by atoms with Gasteiger partial charge in [-0.1, -0.05) is 34.1 Å². The average Bonchev–Trinajstić information content (AvgIpc) is 1.87. The van der Waals surface area contributed by atoms with E-state index in [0.29, 0.717) is 5.25 Å². The zero-order valence-corrected chi connectivity index (χ0v) is 8.49. The molecule has 0 nitrogen and oxygen atoms in total. The fourth-order valence-electron chi connectivity index (χ4n) is 0.998. The van der Waals surface area contributed by atoms with E-state index >= 15 is 0 Å². The van der Waals surface area contributed by atoms with Gasteiger partial charge in [-0.15, -0.1) is 0 Å². The molecule has 0 aliphatic rings. The Morgan fingerprint density at radius 3 is 2.00 bits per heavy atom. The molecule has 0 radical (unpaired) electrons. The smallest absolute Gasteiger partial charge is 0.00142 e. The van der Waals surface area contributed by atoms with Gasteiger partial charge in [0.15, 0.2) is 0 Å². The molecule has 3 atom stereocenters. The molecule has 0 saturated carbocycles. The third kappa shape index (κ3) is 4.21. The van der Waals surface area contributed by atoms with Gasteiger partial charge in [0.2, 0.25) is 0 Å². The molecule has 0 N–H and O–H groups in total. The molecule has 0 spiro atoms. The van der Waals surface area contributed by atoms with Gasteiger partial charge in [-0.25, -0.2) is 0 Å². The molecule has 3 unspecified atom stereocenters. The van der Waals surface area contributed by atoms with Crippen LogP contribution in [-0.4, -0.2) is 5.25 Å². The van der Waals surface area contributed by atoms with Gasteiger partial charge in [-0.3, -0.25) is 0 Å². The Morgan fingerprint density at radius 1 is 1.20 bits per heavy atom. The van der Waals surface area contributed by atoms with Crippen LogP contribution in [0.25, 0.3) is 0 Å². The first-order valence-corrected chi connectivity index (χ1v) is 4.77. The van der Waals surface area contributed by atoms with E-state index in [4.69, 9.17) is 0 Å². The maximum atomic E-state index is 4.41. The Kier molecular flexibility index (Phi) is 5.24. The number of rotatable bonds is 4. The highest BCUT2D eigenvalue weighted by Crippen LogP contribution is 2.20. The molecule has 0 saturated heterocycles. The van der Waals surface area contributed by atoms with Gasteiger partial charge < -0.3 is 0 Å². The van der Waals surface area contributed by atoms with Crippen molar-refractivity contribution < 1.29 is 0 Å². The first kappa shape index (κ1) is 10.3. The van der Waals surface area contributed by atoms with Gasteiger partial charge in [-0.2, -0.15) is 12.6 Å². The molecular weight excluding hydrogens is 140 g/mol. The highest BCUT2D eigenvalue weighted by molar-refractivity contribution is 7.80. The van der Waals surface area contributed by atoms with E-state index < -0.39 is 0 Å². The summed E-state index contributed by atoms with van der Waals surface area (Å²) >= 11 is 4.41. The molecule has 0 bridgehead atoms. The van der Waals surface area contributed by atoms with Gasteiger partial charge in [0, 0.05) is 5.25 Å². The lowest BCUT2D eigenvalue weighted by Gasteiger charge is -2.18. The van der Waals surface area contributed by atoms with Crippen LogP contribution in [0.2, 0.25) is 0 Å². The monoisotopic (exact) mass is 160 g/mol. The van der Waals surface area contributed by atoms with Crippen LogP contribution in [0, 0.1) is 11.8 Å². The van der Waals surface area contributed by atoms with Crippen molar-refractivity contribution >= 4 is 12.6 Å². The van der Waals surface area contributed by atoms with Crippen LogP contribution in [-0.2, 0) is 0 Å². The van der Waals surface area contributed by atoms with Crippen molar-refractivity contribution in [1.29, 1.82) is 0 Å². The molecule has 0 amide bonds. The molecule has 0 aromatic rings. The number of hydrogen-bond acceptors (Lipinski definition) is 1. The van der Waals surface area contributed by atoms with Crippen LogP contribution < -0.4 is 0 Å².